The first-order valence-corrected chi connectivity index (χ1v) is 7.42. The first-order valence-electron chi connectivity index (χ1n) is 7.42. The molecule has 1 aromatic rings. The number of amides is 2. The highest BCUT2D eigenvalue weighted by Crippen LogP contribution is 2.15. The number of benzene rings is 1. The molecule has 0 aliphatic carbocycles. The van der Waals surface area contributed by atoms with Crippen molar-refractivity contribution >= 4 is 11.8 Å². The number of carbonyl (C=O) groups excluding carboxylic acids is 2. The monoisotopic (exact) mass is 289 g/mol. The van der Waals surface area contributed by atoms with Crippen LogP contribution in [0.25, 0.3) is 0 Å². The third-order valence-electron chi connectivity index (χ3n) is 3.53. The maximum Gasteiger partial charge on any atom is 0.222 e. The second-order valence-electron chi connectivity index (χ2n) is 5.70. The molecule has 0 bridgehead atoms. The van der Waals surface area contributed by atoms with Gasteiger partial charge in [-0.25, -0.2) is 0 Å². The first kappa shape index (κ1) is 15.5. The molecule has 1 unspecified atom stereocenters. The Morgan fingerprint density at radius 3 is 2.86 bits per heavy atom. The molecule has 0 spiro atoms. The van der Waals surface area contributed by atoms with Gasteiger partial charge in [-0.15, -0.1) is 0 Å². The molecule has 0 saturated carbocycles. The standard InChI is InChI=1S/C16H23N3O2/c1-12(17)8-15(20)18-10-13-4-2-5-14(9-13)11-19-7-3-6-16(19)21/h2,4-5,9,12H,3,6-8,10-11,17H2,1H3,(H,18,20). The van der Waals surface area contributed by atoms with Gasteiger partial charge >= 0.3 is 0 Å². The smallest absolute Gasteiger partial charge is 0.222 e. The normalized spacial score (nSPS) is 16.1. The van der Waals surface area contributed by atoms with Crippen molar-refractivity contribution in [2.75, 3.05) is 6.54 Å². The average Bonchev–Trinajstić information content (AvgIpc) is 2.82. The van der Waals surface area contributed by atoms with Gasteiger partial charge in [0.2, 0.25) is 11.8 Å². The third kappa shape index (κ3) is 4.86. The van der Waals surface area contributed by atoms with Crippen LogP contribution < -0.4 is 11.1 Å². The zero-order valence-electron chi connectivity index (χ0n) is 12.5. The summed E-state index contributed by atoms with van der Waals surface area (Å²) in [6, 6.07) is 7.86. The molecule has 5 heteroatoms. The molecule has 1 aliphatic rings. The fourth-order valence-corrected chi connectivity index (χ4v) is 2.49. The molecule has 1 aromatic carbocycles. The quantitative estimate of drug-likeness (QED) is 0.825. The van der Waals surface area contributed by atoms with Crippen molar-refractivity contribution < 1.29 is 9.59 Å². The van der Waals surface area contributed by atoms with Crippen LogP contribution in [0.4, 0.5) is 0 Å². The SMILES string of the molecule is CC(N)CC(=O)NCc1cccc(CN2CCCC2=O)c1. The van der Waals surface area contributed by atoms with E-state index in [0.717, 1.165) is 24.1 Å². The first-order chi connectivity index (χ1) is 10.0. The lowest BCUT2D eigenvalue weighted by molar-refractivity contribution is -0.128. The van der Waals surface area contributed by atoms with Crippen molar-refractivity contribution in [2.24, 2.45) is 5.73 Å². The van der Waals surface area contributed by atoms with Gasteiger partial charge in [0.25, 0.3) is 0 Å². The van der Waals surface area contributed by atoms with Gasteiger partial charge in [-0.2, -0.15) is 0 Å². The zero-order valence-corrected chi connectivity index (χ0v) is 12.5. The maximum absolute atomic E-state index is 11.6. The number of likely N-dealkylation sites (tertiary alicyclic amines) is 1. The number of rotatable bonds is 6. The highest BCUT2D eigenvalue weighted by molar-refractivity contribution is 5.78. The molecule has 114 valence electrons. The molecule has 2 rings (SSSR count). The fourth-order valence-electron chi connectivity index (χ4n) is 2.49. The van der Waals surface area contributed by atoms with Crippen LogP contribution in [0.5, 0.6) is 0 Å². The van der Waals surface area contributed by atoms with E-state index in [1.807, 2.05) is 36.1 Å². The minimum atomic E-state index is -0.127. The minimum absolute atomic E-state index is 0.0369. The second kappa shape index (κ2) is 7.22. The predicted octanol–water partition coefficient (Wildman–Crippen LogP) is 1.16. The third-order valence-corrected chi connectivity index (χ3v) is 3.53. The number of nitrogens with two attached hydrogens (primary N) is 1. The highest BCUT2D eigenvalue weighted by atomic mass is 16.2. The van der Waals surface area contributed by atoms with E-state index in [2.05, 4.69) is 5.32 Å². The van der Waals surface area contributed by atoms with Crippen molar-refractivity contribution in [2.45, 2.75) is 45.3 Å². The Morgan fingerprint density at radius 2 is 2.19 bits per heavy atom. The number of nitrogens with one attached hydrogen (secondary N) is 1. The largest absolute Gasteiger partial charge is 0.352 e. The molecule has 1 saturated heterocycles. The molecule has 0 radical (unpaired) electrons. The van der Waals surface area contributed by atoms with E-state index in [9.17, 15) is 9.59 Å². The lowest BCUT2D eigenvalue weighted by Crippen LogP contribution is -2.29. The summed E-state index contributed by atoms with van der Waals surface area (Å²) in [6.45, 7) is 3.80. The minimum Gasteiger partial charge on any atom is -0.352 e. The summed E-state index contributed by atoms with van der Waals surface area (Å²) in [4.78, 5) is 25.1. The molecule has 1 fully saturated rings. The lowest BCUT2D eigenvalue weighted by atomic mass is 10.1. The summed E-state index contributed by atoms with van der Waals surface area (Å²) in [5.74, 6) is 0.191. The van der Waals surface area contributed by atoms with E-state index in [0.29, 0.717) is 25.9 Å². The summed E-state index contributed by atoms with van der Waals surface area (Å²) in [7, 11) is 0. The van der Waals surface area contributed by atoms with Gasteiger partial charge in [0.05, 0.1) is 0 Å². The van der Waals surface area contributed by atoms with Gasteiger partial charge in [-0.05, 0) is 24.5 Å². The van der Waals surface area contributed by atoms with Crippen molar-refractivity contribution in [1.82, 2.24) is 10.2 Å². The summed E-state index contributed by atoms with van der Waals surface area (Å²) < 4.78 is 0. The lowest BCUT2D eigenvalue weighted by Gasteiger charge is -2.16. The van der Waals surface area contributed by atoms with E-state index in [1.165, 1.54) is 0 Å². The van der Waals surface area contributed by atoms with E-state index in [-0.39, 0.29) is 17.9 Å². The molecule has 1 heterocycles. The molecular weight excluding hydrogens is 266 g/mol. The zero-order chi connectivity index (χ0) is 15.2. The van der Waals surface area contributed by atoms with E-state index in [1.54, 1.807) is 0 Å². The summed E-state index contributed by atoms with van der Waals surface area (Å²) in [5.41, 5.74) is 7.73. The number of hydrogen-bond donors (Lipinski definition) is 2. The van der Waals surface area contributed by atoms with Gasteiger partial charge in [-0.3, -0.25) is 9.59 Å². The van der Waals surface area contributed by atoms with Crippen molar-refractivity contribution in [3.8, 4) is 0 Å². The van der Waals surface area contributed by atoms with Gasteiger partial charge in [0, 0.05) is 38.5 Å². The second-order valence-corrected chi connectivity index (χ2v) is 5.70. The Balaban J connectivity index is 1.88. The molecule has 3 N–H and O–H groups in total. The maximum atomic E-state index is 11.6. The van der Waals surface area contributed by atoms with Crippen LogP contribution in [0, 0.1) is 0 Å². The number of nitrogens with zero attached hydrogens (tertiary/aromatic N) is 1. The van der Waals surface area contributed by atoms with Gasteiger partial charge in [0.15, 0.2) is 0 Å². The fraction of sp³-hybridized carbons (Fsp3) is 0.500. The molecule has 5 nitrogen and oxygen atoms in total. The van der Waals surface area contributed by atoms with Crippen LogP contribution in [0.15, 0.2) is 24.3 Å². The van der Waals surface area contributed by atoms with Crippen LogP contribution >= 0.6 is 0 Å². The van der Waals surface area contributed by atoms with Crippen molar-refractivity contribution in [3.05, 3.63) is 35.4 Å². The van der Waals surface area contributed by atoms with Crippen LogP contribution in [0.1, 0.15) is 37.3 Å². The molecule has 2 amide bonds. The summed E-state index contributed by atoms with van der Waals surface area (Å²) >= 11 is 0. The molecule has 1 atom stereocenters. The van der Waals surface area contributed by atoms with E-state index in [4.69, 9.17) is 5.73 Å². The Morgan fingerprint density at radius 1 is 1.43 bits per heavy atom. The average molecular weight is 289 g/mol. The van der Waals surface area contributed by atoms with Gasteiger partial charge in [-0.1, -0.05) is 24.3 Å². The number of hydrogen-bond acceptors (Lipinski definition) is 3. The molecule has 1 aliphatic heterocycles. The van der Waals surface area contributed by atoms with Crippen LogP contribution in [-0.2, 0) is 22.7 Å². The molecular formula is C16H23N3O2. The Hall–Kier alpha value is -1.88. The van der Waals surface area contributed by atoms with Crippen LogP contribution in [-0.4, -0.2) is 29.3 Å². The molecule has 21 heavy (non-hydrogen) atoms. The predicted molar refractivity (Wildman–Crippen MR) is 81.2 cm³/mol. The van der Waals surface area contributed by atoms with E-state index < -0.39 is 0 Å². The van der Waals surface area contributed by atoms with Crippen molar-refractivity contribution in [1.29, 1.82) is 0 Å². The summed E-state index contributed by atoms with van der Waals surface area (Å²) in [6.07, 6.45) is 1.95. The Labute approximate surface area is 125 Å². The summed E-state index contributed by atoms with van der Waals surface area (Å²) in [5, 5.41) is 2.86. The number of carbonyl (C=O) groups is 2. The van der Waals surface area contributed by atoms with Crippen LogP contribution in [0.2, 0.25) is 0 Å². The Bertz CT molecular complexity index is 514. The highest BCUT2D eigenvalue weighted by Gasteiger charge is 2.19. The van der Waals surface area contributed by atoms with Crippen molar-refractivity contribution in [3.63, 3.8) is 0 Å². The van der Waals surface area contributed by atoms with Crippen LogP contribution in [0.3, 0.4) is 0 Å². The topological polar surface area (TPSA) is 75.4 Å². The Kier molecular flexibility index (Phi) is 5.33. The van der Waals surface area contributed by atoms with Gasteiger partial charge in [0.1, 0.15) is 0 Å². The van der Waals surface area contributed by atoms with E-state index >= 15 is 0 Å². The molecule has 0 aromatic heterocycles. The van der Waals surface area contributed by atoms with Gasteiger partial charge < -0.3 is 16.0 Å².